The number of rotatable bonds is 28. The van der Waals surface area contributed by atoms with E-state index in [1.165, 1.54) is 0 Å². The molecule has 0 aliphatic heterocycles. The van der Waals surface area contributed by atoms with Gasteiger partial charge in [-0.15, -0.1) is 0 Å². The van der Waals surface area contributed by atoms with Crippen molar-refractivity contribution in [2.24, 2.45) is 23.7 Å². The molecule has 424 valence electrons. The van der Waals surface area contributed by atoms with Crippen molar-refractivity contribution in [2.75, 3.05) is 26.4 Å². The molecule has 20 heteroatoms. The number of hydrogen-bond donors (Lipinski definition) is 0. The van der Waals surface area contributed by atoms with Gasteiger partial charge < -0.3 is 47.4 Å². The average Bonchev–Trinajstić information content (AvgIpc) is 3.45. The lowest BCUT2D eigenvalue weighted by Gasteiger charge is -2.26. The molecule has 5 rings (SSSR count). The monoisotopic (exact) mass is 1100 g/mol. The molecule has 2 fully saturated rings. The van der Waals surface area contributed by atoms with Crippen LogP contribution in [0.5, 0.6) is 23.0 Å². The third-order valence-corrected chi connectivity index (χ3v) is 12.9. The van der Waals surface area contributed by atoms with Crippen LogP contribution >= 0.6 is 0 Å². The molecule has 0 heterocycles. The zero-order chi connectivity index (χ0) is 57.3. The fourth-order valence-corrected chi connectivity index (χ4v) is 8.41. The van der Waals surface area contributed by atoms with E-state index >= 15 is 0 Å². The van der Waals surface area contributed by atoms with Gasteiger partial charge in [-0.2, -0.15) is 0 Å². The quantitative estimate of drug-likeness (QED) is 0.0292. The second kappa shape index (κ2) is 31.9. The van der Waals surface area contributed by atoms with Crippen LogP contribution in [-0.4, -0.2) is 98.3 Å². The SMILES string of the molecule is C=CC(=O)OC(C)COC(=O)CCC(=O)OCCc1ccc(OC(=O)C2CCC(C(=O)Oc3ccc(OC(=O)C4CCC(C(=O)Oc5ccc(CCOC(=O)CCC(=O)OCC(C)OC(=O)C=C)cc5)CC4)c(C)c3)CC2)cc1. The molecule has 0 bridgehead atoms. The minimum absolute atomic E-state index is 0.0738. The van der Waals surface area contributed by atoms with Crippen LogP contribution in [0.3, 0.4) is 0 Å². The normalized spacial score (nSPS) is 17.4. The number of ether oxygens (including phenoxy) is 10. The molecule has 3 aromatic carbocycles. The van der Waals surface area contributed by atoms with Crippen LogP contribution in [0, 0.1) is 30.6 Å². The first-order valence-electron chi connectivity index (χ1n) is 26.3. The van der Waals surface area contributed by atoms with Gasteiger partial charge in [-0.05, 0) is 131 Å². The smallest absolute Gasteiger partial charge is 0.330 e. The molecule has 0 saturated heterocycles. The van der Waals surface area contributed by atoms with Crippen LogP contribution in [0.1, 0.15) is 108 Å². The molecule has 2 atom stereocenters. The van der Waals surface area contributed by atoms with E-state index in [-0.39, 0.29) is 52.1 Å². The van der Waals surface area contributed by atoms with E-state index in [4.69, 9.17) is 47.4 Å². The standard InChI is InChI=1S/C59H68O20/c1-6-50(60)74-38(4)35-72-54(64)28-26-52(62)70-32-30-40-8-20-46(21-9-40)76-56(66)42-12-14-44(15-13-42)58(68)78-48-24-25-49(37(3)34-48)79-59(69)45-18-16-43(17-19-45)57(67)77-47-22-10-41(11-23-47)31-33-71-53(63)27-29-55(65)73-36-39(5)75-51(61)7-2/h6-11,20-25,34,38-39,42-45H,1-2,12-19,26-33,35-36H2,3-5H3. The summed E-state index contributed by atoms with van der Waals surface area (Å²) in [6.07, 6.45) is 4.22. The van der Waals surface area contributed by atoms with Crippen molar-refractivity contribution < 1.29 is 95.3 Å². The van der Waals surface area contributed by atoms with Crippen LogP contribution in [0.15, 0.2) is 92.0 Å². The van der Waals surface area contributed by atoms with Crippen LogP contribution < -0.4 is 18.9 Å². The number of aryl methyl sites for hydroxylation is 1. The molecule has 0 spiro atoms. The fourth-order valence-electron chi connectivity index (χ4n) is 8.41. The number of benzene rings is 3. The topological polar surface area (TPSA) is 263 Å². The fraction of sp³-hybridized carbons (Fsp3) is 0.458. The Morgan fingerprint density at radius 2 is 0.772 bits per heavy atom. The molecule has 0 aromatic heterocycles. The summed E-state index contributed by atoms with van der Waals surface area (Å²) in [7, 11) is 0. The highest BCUT2D eigenvalue weighted by atomic mass is 16.6. The minimum Gasteiger partial charge on any atom is -0.465 e. The van der Waals surface area contributed by atoms with Gasteiger partial charge in [0.15, 0.2) is 0 Å². The molecule has 3 aromatic rings. The summed E-state index contributed by atoms with van der Waals surface area (Å²) in [5.41, 5.74) is 2.25. The lowest BCUT2D eigenvalue weighted by Crippen LogP contribution is -2.30. The summed E-state index contributed by atoms with van der Waals surface area (Å²) in [4.78, 5) is 123. The Bertz CT molecular complexity index is 2620. The minimum atomic E-state index is -0.659. The van der Waals surface area contributed by atoms with Crippen molar-refractivity contribution in [3.05, 3.63) is 109 Å². The lowest BCUT2D eigenvalue weighted by atomic mass is 9.82. The molecular weight excluding hydrogens is 1030 g/mol. The Kier molecular flexibility index (Phi) is 24.9. The van der Waals surface area contributed by atoms with Gasteiger partial charge in [0.2, 0.25) is 0 Å². The van der Waals surface area contributed by atoms with Gasteiger partial charge in [0.05, 0.1) is 62.6 Å². The molecular formula is C59H68O20. The second-order valence-corrected chi connectivity index (χ2v) is 19.2. The summed E-state index contributed by atoms with van der Waals surface area (Å²) in [5, 5.41) is 0. The maximum Gasteiger partial charge on any atom is 0.330 e. The Hall–Kier alpha value is -8.16. The van der Waals surface area contributed by atoms with Crippen molar-refractivity contribution in [3.8, 4) is 23.0 Å². The van der Waals surface area contributed by atoms with E-state index in [1.54, 1.807) is 87.5 Å². The van der Waals surface area contributed by atoms with Gasteiger partial charge in [-0.1, -0.05) is 37.4 Å². The molecule has 2 saturated carbocycles. The molecule has 79 heavy (non-hydrogen) atoms. The number of carbonyl (C=O) groups is 10. The molecule has 2 aliphatic carbocycles. The first-order chi connectivity index (χ1) is 37.9. The van der Waals surface area contributed by atoms with Crippen molar-refractivity contribution >= 4 is 59.7 Å². The molecule has 20 nitrogen and oxygen atoms in total. The van der Waals surface area contributed by atoms with Gasteiger partial charge in [0.1, 0.15) is 48.4 Å². The Morgan fingerprint density at radius 1 is 0.456 bits per heavy atom. The maximum absolute atomic E-state index is 13.2. The number of carbonyl (C=O) groups excluding carboxylic acids is 10. The average molecular weight is 1100 g/mol. The molecule has 0 N–H and O–H groups in total. The van der Waals surface area contributed by atoms with E-state index in [0.29, 0.717) is 92.8 Å². The Labute approximate surface area is 458 Å². The largest absolute Gasteiger partial charge is 0.465 e. The van der Waals surface area contributed by atoms with Crippen molar-refractivity contribution in [1.29, 1.82) is 0 Å². The van der Waals surface area contributed by atoms with Gasteiger partial charge in [0.25, 0.3) is 0 Å². The highest BCUT2D eigenvalue weighted by Gasteiger charge is 2.34. The predicted molar refractivity (Wildman–Crippen MR) is 279 cm³/mol. The predicted octanol–water partition coefficient (Wildman–Crippen LogP) is 7.68. The second-order valence-electron chi connectivity index (χ2n) is 19.2. The zero-order valence-corrected chi connectivity index (χ0v) is 44.8. The van der Waals surface area contributed by atoms with Gasteiger partial charge >= 0.3 is 59.7 Å². The van der Waals surface area contributed by atoms with E-state index < -0.39 is 95.6 Å². The lowest BCUT2D eigenvalue weighted by molar-refractivity contribution is -0.156. The van der Waals surface area contributed by atoms with E-state index in [9.17, 15) is 47.9 Å². The van der Waals surface area contributed by atoms with Crippen LogP contribution in [0.25, 0.3) is 0 Å². The molecule has 2 unspecified atom stereocenters. The Balaban J connectivity index is 0.919. The van der Waals surface area contributed by atoms with Crippen LogP contribution in [0.4, 0.5) is 0 Å². The maximum atomic E-state index is 13.2. The third kappa shape index (κ3) is 22.0. The zero-order valence-electron chi connectivity index (χ0n) is 44.8. The molecule has 0 radical (unpaired) electrons. The first kappa shape index (κ1) is 61.7. The van der Waals surface area contributed by atoms with E-state index in [1.807, 2.05) is 0 Å². The summed E-state index contributed by atoms with van der Waals surface area (Å²) in [6.45, 7) is 11.3. The summed E-state index contributed by atoms with van der Waals surface area (Å²) < 4.78 is 53.0. The summed E-state index contributed by atoms with van der Waals surface area (Å²) >= 11 is 0. The van der Waals surface area contributed by atoms with Crippen molar-refractivity contribution in [2.45, 2.75) is 123 Å². The number of hydrogen-bond acceptors (Lipinski definition) is 20. The Morgan fingerprint density at radius 3 is 1.11 bits per heavy atom. The van der Waals surface area contributed by atoms with Crippen LogP contribution in [0.2, 0.25) is 0 Å². The number of esters is 10. The highest BCUT2D eigenvalue weighted by molar-refractivity contribution is 5.83. The van der Waals surface area contributed by atoms with Crippen molar-refractivity contribution in [3.63, 3.8) is 0 Å². The van der Waals surface area contributed by atoms with E-state index in [0.717, 1.165) is 23.3 Å². The van der Waals surface area contributed by atoms with Gasteiger partial charge in [-0.3, -0.25) is 38.4 Å². The summed E-state index contributed by atoms with van der Waals surface area (Å²) in [5.74, 6) is -5.62. The molecule has 2 aliphatic rings. The highest BCUT2D eigenvalue weighted by Crippen LogP contribution is 2.34. The van der Waals surface area contributed by atoms with Gasteiger partial charge in [0, 0.05) is 25.0 Å². The van der Waals surface area contributed by atoms with E-state index in [2.05, 4.69) is 13.2 Å². The first-order valence-corrected chi connectivity index (χ1v) is 26.3. The third-order valence-electron chi connectivity index (χ3n) is 12.9. The van der Waals surface area contributed by atoms with Gasteiger partial charge in [-0.25, -0.2) is 9.59 Å². The van der Waals surface area contributed by atoms with Crippen molar-refractivity contribution in [1.82, 2.24) is 0 Å². The molecule has 0 amide bonds. The van der Waals surface area contributed by atoms with Crippen LogP contribution in [-0.2, 0) is 89.2 Å². The summed E-state index contributed by atoms with van der Waals surface area (Å²) in [6, 6.07) is 18.4.